The Kier molecular flexibility index (Phi) is 4.11. The molecule has 2 aromatic rings. The van der Waals surface area contributed by atoms with E-state index in [1.165, 1.54) is 16.9 Å². The van der Waals surface area contributed by atoms with Gasteiger partial charge in [0, 0.05) is 5.56 Å². The predicted octanol–water partition coefficient (Wildman–Crippen LogP) is 2.77. The standard InChI is InChI=1S/C11H7F3N2O4S2/c12-11(13,14)22(19,20)16-10-15-7(8(21-10)9(17)18)6-4-2-1-3-5-6/h1-5H,(H,15,16)(H,17,18). The fourth-order valence-corrected chi connectivity index (χ4v) is 3.04. The fourth-order valence-electron chi connectivity index (χ4n) is 1.47. The van der Waals surface area contributed by atoms with E-state index in [4.69, 9.17) is 5.11 Å². The first kappa shape index (κ1) is 16.2. The molecular formula is C11H7F3N2O4S2. The highest BCUT2D eigenvalue weighted by Gasteiger charge is 2.46. The lowest BCUT2D eigenvalue weighted by atomic mass is 10.1. The van der Waals surface area contributed by atoms with Crippen molar-refractivity contribution in [3.63, 3.8) is 0 Å². The molecular weight excluding hydrogens is 345 g/mol. The lowest BCUT2D eigenvalue weighted by Gasteiger charge is -2.07. The third-order valence-corrected chi connectivity index (χ3v) is 4.55. The molecule has 1 aromatic heterocycles. The van der Waals surface area contributed by atoms with Crippen LogP contribution in [0.3, 0.4) is 0 Å². The summed E-state index contributed by atoms with van der Waals surface area (Å²) in [5.41, 5.74) is -5.29. The van der Waals surface area contributed by atoms with E-state index in [0.717, 1.165) is 0 Å². The van der Waals surface area contributed by atoms with Gasteiger partial charge in [-0.15, -0.1) is 0 Å². The van der Waals surface area contributed by atoms with Crippen LogP contribution in [0.25, 0.3) is 11.3 Å². The van der Waals surface area contributed by atoms with E-state index in [-0.39, 0.29) is 10.6 Å². The van der Waals surface area contributed by atoms with Crippen LogP contribution in [0.5, 0.6) is 0 Å². The zero-order valence-corrected chi connectivity index (χ0v) is 12.1. The number of benzene rings is 1. The fraction of sp³-hybridized carbons (Fsp3) is 0.0909. The van der Waals surface area contributed by atoms with Gasteiger partial charge in [-0.25, -0.2) is 9.78 Å². The third kappa shape index (κ3) is 3.20. The molecule has 6 nitrogen and oxygen atoms in total. The van der Waals surface area contributed by atoms with Gasteiger partial charge < -0.3 is 5.11 Å². The number of carboxylic acid groups (broad SMARTS) is 1. The summed E-state index contributed by atoms with van der Waals surface area (Å²) >= 11 is 0.304. The number of hydrogen-bond acceptors (Lipinski definition) is 5. The van der Waals surface area contributed by atoms with Gasteiger partial charge in [0.2, 0.25) is 0 Å². The molecule has 0 spiro atoms. The predicted molar refractivity (Wildman–Crippen MR) is 73.1 cm³/mol. The molecule has 0 radical (unpaired) electrons. The van der Waals surface area contributed by atoms with E-state index in [1.54, 1.807) is 18.2 Å². The Morgan fingerprint density at radius 3 is 2.32 bits per heavy atom. The Labute approximate surface area is 126 Å². The summed E-state index contributed by atoms with van der Waals surface area (Å²) < 4.78 is 60.3. The second kappa shape index (κ2) is 5.57. The Morgan fingerprint density at radius 2 is 1.82 bits per heavy atom. The molecule has 2 rings (SSSR count). The molecule has 0 fully saturated rings. The number of nitrogens with one attached hydrogen (secondary N) is 1. The normalized spacial score (nSPS) is 12.1. The average molecular weight is 352 g/mol. The smallest absolute Gasteiger partial charge is 0.477 e. The molecule has 0 bridgehead atoms. The van der Waals surface area contributed by atoms with Crippen LogP contribution >= 0.6 is 11.3 Å². The highest BCUT2D eigenvalue weighted by molar-refractivity contribution is 7.93. The van der Waals surface area contributed by atoms with Gasteiger partial charge in [0.25, 0.3) is 0 Å². The molecule has 0 saturated carbocycles. The summed E-state index contributed by atoms with van der Waals surface area (Å²) in [5.74, 6) is -1.42. The summed E-state index contributed by atoms with van der Waals surface area (Å²) in [7, 11) is -5.66. The van der Waals surface area contributed by atoms with Crippen molar-refractivity contribution in [1.29, 1.82) is 0 Å². The van der Waals surface area contributed by atoms with Gasteiger partial charge in [-0.05, 0) is 0 Å². The molecule has 11 heteroatoms. The number of rotatable bonds is 4. The molecule has 2 N–H and O–H groups in total. The quantitative estimate of drug-likeness (QED) is 0.882. The van der Waals surface area contributed by atoms with Gasteiger partial charge in [-0.3, -0.25) is 4.72 Å². The van der Waals surface area contributed by atoms with Crippen LogP contribution in [0.15, 0.2) is 30.3 Å². The van der Waals surface area contributed by atoms with Gasteiger partial charge in [-0.1, -0.05) is 41.7 Å². The van der Waals surface area contributed by atoms with Crippen molar-refractivity contribution in [2.45, 2.75) is 5.51 Å². The summed E-state index contributed by atoms with van der Waals surface area (Å²) in [6.45, 7) is 0. The maximum Gasteiger partial charge on any atom is 0.516 e. The van der Waals surface area contributed by atoms with E-state index in [2.05, 4.69) is 4.98 Å². The van der Waals surface area contributed by atoms with Crippen molar-refractivity contribution in [2.24, 2.45) is 0 Å². The maximum absolute atomic E-state index is 12.3. The number of carboxylic acids is 1. The van der Waals surface area contributed by atoms with Crippen LogP contribution in [0, 0.1) is 0 Å². The van der Waals surface area contributed by atoms with Crippen molar-refractivity contribution < 1.29 is 31.5 Å². The van der Waals surface area contributed by atoms with Gasteiger partial charge >= 0.3 is 21.5 Å². The minimum Gasteiger partial charge on any atom is -0.477 e. The van der Waals surface area contributed by atoms with Gasteiger partial charge in [-0.2, -0.15) is 21.6 Å². The van der Waals surface area contributed by atoms with E-state index >= 15 is 0 Å². The van der Waals surface area contributed by atoms with E-state index < -0.39 is 26.6 Å². The number of anilines is 1. The summed E-state index contributed by atoms with van der Waals surface area (Å²) in [5, 5.41) is 8.40. The minimum atomic E-state index is -5.66. The molecule has 0 unspecified atom stereocenters. The van der Waals surface area contributed by atoms with Crippen molar-refractivity contribution in [3.05, 3.63) is 35.2 Å². The second-order valence-electron chi connectivity index (χ2n) is 3.92. The van der Waals surface area contributed by atoms with Crippen LogP contribution in [0.1, 0.15) is 9.67 Å². The number of carbonyl (C=O) groups is 1. The van der Waals surface area contributed by atoms with E-state index in [0.29, 0.717) is 16.9 Å². The minimum absolute atomic E-state index is 0.113. The maximum atomic E-state index is 12.3. The van der Waals surface area contributed by atoms with E-state index in [1.807, 2.05) is 0 Å². The first-order chi connectivity index (χ1) is 10.1. The van der Waals surface area contributed by atoms with Gasteiger partial charge in [0.15, 0.2) is 5.13 Å². The third-order valence-electron chi connectivity index (χ3n) is 2.40. The molecule has 0 saturated heterocycles. The van der Waals surface area contributed by atoms with Crippen LogP contribution in [0.2, 0.25) is 0 Å². The Balaban J connectivity index is 2.47. The first-order valence-electron chi connectivity index (χ1n) is 5.50. The highest BCUT2D eigenvalue weighted by atomic mass is 32.2. The lowest BCUT2D eigenvalue weighted by Crippen LogP contribution is -2.29. The van der Waals surface area contributed by atoms with Gasteiger partial charge in [0.1, 0.15) is 4.88 Å². The topological polar surface area (TPSA) is 96.4 Å². The number of aromatic nitrogens is 1. The summed E-state index contributed by atoms with van der Waals surface area (Å²) in [6.07, 6.45) is 0. The number of halogens is 3. The van der Waals surface area contributed by atoms with Crippen LogP contribution in [-0.4, -0.2) is 30.0 Å². The van der Waals surface area contributed by atoms with Crippen molar-refractivity contribution in [2.75, 3.05) is 4.72 Å². The Morgan fingerprint density at radius 1 is 1.23 bits per heavy atom. The molecule has 22 heavy (non-hydrogen) atoms. The number of thiazole rings is 1. The van der Waals surface area contributed by atoms with Crippen LogP contribution in [0.4, 0.5) is 18.3 Å². The second-order valence-corrected chi connectivity index (χ2v) is 6.59. The highest BCUT2D eigenvalue weighted by Crippen LogP contribution is 2.33. The van der Waals surface area contributed by atoms with Crippen molar-refractivity contribution >= 4 is 32.5 Å². The average Bonchev–Trinajstić information content (AvgIpc) is 2.82. The van der Waals surface area contributed by atoms with Gasteiger partial charge in [0.05, 0.1) is 5.69 Å². The van der Waals surface area contributed by atoms with E-state index in [9.17, 15) is 26.4 Å². The molecule has 0 atom stereocenters. The zero-order valence-electron chi connectivity index (χ0n) is 10.5. The molecule has 118 valence electrons. The molecule has 0 amide bonds. The monoisotopic (exact) mass is 352 g/mol. The number of hydrogen-bond donors (Lipinski definition) is 2. The zero-order chi connectivity index (χ0) is 16.5. The largest absolute Gasteiger partial charge is 0.516 e. The van der Waals surface area contributed by atoms with Crippen LogP contribution < -0.4 is 4.72 Å². The number of alkyl halides is 3. The number of sulfonamides is 1. The van der Waals surface area contributed by atoms with Crippen molar-refractivity contribution in [3.8, 4) is 11.3 Å². The molecule has 1 aromatic carbocycles. The number of aromatic carboxylic acids is 1. The first-order valence-corrected chi connectivity index (χ1v) is 7.80. The summed E-state index contributed by atoms with van der Waals surface area (Å²) in [6, 6.07) is 7.83. The molecule has 0 aliphatic carbocycles. The molecule has 0 aliphatic rings. The van der Waals surface area contributed by atoms with Crippen LogP contribution in [-0.2, 0) is 10.0 Å². The Bertz CT molecular complexity index is 800. The Hall–Kier alpha value is -2.14. The number of nitrogens with zero attached hydrogens (tertiary/aromatic N) is 1. The summed E-state index contributed by atoms with van der Waals surface area (Å²) in [4.78, 5) is 14.4. The molecule has 0 aliphatic heterocycles. The van der Waals surface area contributed by atoms with Crippen molar-refractivity contribution in [1.82, 2.24) is 4.98 Å². The SMILES string of the molecule is O=C(O)c1sc(NS(=O)(=O)C(F)(F)F)nc1-c1ccccc1. The lowest BCUT2D eigenvalue weighted by molar-refractivity contribution is -0.0429. The molecule has 1 heterocycles.